The standard InChI is InChI=1S/C34H41N5O4.2ClH/c1-5-38-29-15-14-26(22-30(29)37(4)32(41)34(2,3)33(38)42)43-21-9-19-36-27(25-11-8-18-35-23-25)17-20-39-28-12-7-6-10-24(28)13-16-31(39)40;;/h6-8,10-12,14-15,18,22-23,27,36H,5,9,13,16-17,19-21H2,1-4H3;2*1H. The van der Waals surface area contributed by atoms with E-state index in [-0.39, 0.29) is 48.6 Å². The van der Waals surface area contributed by atoms with Crippen LogP contribution in [-0.2, 0) is 20.8 Å². The van der Waals surface area contributed by atoms with Gasteiger partial charge in [-0.15, -0.1) is 24.8 Å². The van der Waals surface area contributed by atoms with Gasteiger partial charge in [0.2, 0.25) is 17.7 Å². The molecule has 3 amide bonds. The molecule has 0 bridgehead atoms. The normalized spacial score (nSPS) is 16.2. The SMILES string of the molecule is CCN1C(=O)C(C)(C)C(=O)N(C)c2cc(OCCCNC(CCN3C(=O)CCc4ccccc43)c3cccnc3)ccc21.Cl.Cl. The van der Waals surface area contributed by atoms with Gasteiger partial charge in [-0.2, -0.15) is 0 Å². The van der Waals surface area contributed by atoms with Crippen LogP contribution in [0, 0.1) is 5.41 Å². The zero-order chi connectivity index (χ0) is 30.6. The number of benzene rings is 2. The number of hydrogen-bond acceptors (Lipinski definition) is 6. The van der Waals surface area contributed by atoms with E-state index in [0.29, 0.717) is 49.8 Å². The quantitative estimate of drug-likeness (QED) is 0.209. The van der Waals surface area contributed by atoms with Crippen LogP contribution in [0.2, 0.25) is 0 Å². The number of amides is 3. The lowest BCUT2D eigenvalue weighted by Gasteiger charge is -2.31. The Balaban J connectivity index is 0.00000276. The first-order chi connectivity index (χ1) is 20.7. The molecule has 1 aromatic heterocycles. The predicted octanol–water partition coefficient (Wildman–Crippen LogP) is 5.75. The summed E-state index contributed by atoms with van der Waals surface area (Å²) in [6, 6.07) is 17.7. The molecule has 2 aromatic carbocycles. The van der Waals surface area contributed by atoms with Crippen molar-refractivity contribution >= 4 is 59.6 Å². The molecule has 3 heterocycles. The number of carbonyl (C=O) groups excluding carboxylic acids is 3. The van der Waals surface area contributed by atoms with Gasteiger partial charge in [0.25, 0.3) is 0 Å². The smallest absolute Gasteiger partial charge is 0.242 e. The second-order valence-electron chi connectivity index (χ2n) is 11.6. The summed E-state index contributed by atoms with van der Waals surface area (Å²) < 4.78 is 6.09. The maximum atomic E-state index is 13.1. The van der Waals surface area contributed by atoms with E-state index in [1.165, 1.54) is 5.56 Å². The lowest BCUT2D eigenvalue weighted by atomic mass is 9.90. The third-order valence-corrected chi connectivity index (χ3v) is 8.43. The lowest BCUT2D eigenvalue weighted by molar-refractivity contribution is -0.137. The van der Waals surface area contributed by atoms with Crippen molar-refractivity contribution in [1.29, 1.82) is 0 Å². The molecule has 0 saturated carbocycles. The van der Waals surface area contributed by atoms with Crippen molar-refractivity contribution in [3.63, 3.8) is 0 Å². The topological polar surface area (TPSA) is 95.1 Å². The molecular weight excluding hydrogens is 613 g/mol. The zero-order valence-corrected chi connectivity index (χ0v) is 28.0. The van der Waals surface area contributed by atoms with Crippen molar-refractivity contribution in [3.05, 3.63) is 78.1 Å². The minimum Gasteiger partial charge on any atom is -0.493 e. The molecule has 1 atom stereocenters. The number of nitrogens with zero attached hydrogens (tertiary/aromatic N) is 4. The molecular formula is C34H43Cl2N5O4. The van der Waals surface area contributed by atoms with Gasteiger partial charge in [-0.1, -0.05) is 24.3 Å². The molecule has 3 aromatic rings. The first kappa shape index (κ1) is 35.8. The van der Waals surface area contributed by atoms with Crippen LogP contribution in [0.15, 0.2) is 67.0 Å². The van der Waals surface area contributed by atoms with Gasteiger partial charge in [-0.05, 0) is 82.0 Å². The van der Waals surface area contributed by atoms with E-state index >= 15 is 0 Å². The summed E-state index contributed by atoms with van der Waals surface area (Å²) in [5.74, 6) is 0.363. The molecule has 1 unspecified atom stereocenters. The van der Waals surface area contributed by atoms with Crippen molar-refractivity contribution in [2.45, 2.75) is 52.5 Å². The summed E-state index contributed by atoms with van der Waals surface area (Å²) in [7, 11) is 1.71. The van der Waals surface area contributed by atoms with E-state index < -0.39 is 5.41 Å². The Morgan fingerprint density at radius 1 is 0.933 bits per heavy atom. The van der Waals surface area contributed by atoms with E-state index in [9.17, 15) is 14.4 Å². The number of pyridine rings is 1. The molecule has 2 aliphatic heterocycles. The minimum atomic E-state index is -1.15. The van der Waals surface area contributed by atoms with Gasteiger partial charge in [-0.3, -0.25) is 19.4 Å². The van der Waals surface area contributed by atoms with Crippen molar-refractivity contribution in [1.82, 2.24) is 10.3 Å². The third-order valence-electron chi connectivity index (χ3n) is 8.43. The molecule has 0 aliphatic carbocycles. The average molecular weight is 657 g/mol. The number of rotatable bonds is 11. The molecule has 0 radical (unpaired) electrons. The van der Waals surface area contributed by atoms with Crippen LogP contribution in [0.1, 0.15) is 57.2 Å². The zero-order valence-electron chi connectivity index (χ0n) is 26.3. The van der Waals surface area contributed by atoms with Gasteiger partial charge in [-0.25, -0.2) is 0 Å². The molecule has 242 valence electrons. The molecule has 2 aliphatic rings. The largest absolute Gasteiger partial charge is 0.493 e. The summed E-state index contributed by atoms with van der Waals surface area (Å²) in [5.41, 5.74) is 3.53. The van der Waals surface area contributed by atoms with Crippen LogP contribution in [0.5, 0.6) is 5.75 Å². The monoisotopic (exact) mass is 655 g/mol. The summed E-state index contributed by atoms with van der Waals surface area (Å²) in [5, 5.41) is 3.64. The van der Waals surface area contributed by atoms with E-state index in [1.54, 1.807) is 36.9 Å². The second-order valence-corrected chi connectivity index (χ2v) is 11.6. The van der Waals surface area contributed by atoms with E-state index in [1.807, 2.05) is 60.5 Å². The number of hydrogen-bond donors (Lipinski definition) is 1. The summed E-state index contributed by atoms with van der Waals surface area (Å²) in [4.78, 5) is 48.5. The van der Waals surface area contributed by atoms with Gasteiger partial charge < -0.3 is 24.8 Å². The van der Waals surface area contributed by atoms with Crippen LogP contribution < -0.4 is 24.8 Å². The fraction of sp³-hybridized carbons (Fsp3) is 0.412. The van der Waals surface area contributed by atoms with Crippen molar-refractivity contribution < 1.29 is 19.1 Å². The highest BCUT2D eigenvalue weighted by molar-refractivity contribution is 6.20. The van der Waals surface area contributed by atoms with Crippen molar-refractivity contribution in [2.75, 3.05) is 48.0 Å². The average Bonchev–Trinajstić information content (AvgIpc) is 3.07. The van der Waals surface area contributed by atoms with Crippen LogP contribution in [-0.4, -0.2) is 56.0 Å². The Kier molecular flexibility index (Phi) is 12.4. The molecule has 45 heavy (non-hydrogen) atoms. The molecule has 0 spiro atoms. The summed E-state index contributed by atoms with van der Waals surface area (Å²) in [6.45, 7) is 7.54. The first-order valence-electron chi connectivity index (χ1n) is 15.1. The second kappa shape index (κ2) is 15.6. The number of ether oxygens (including phenoxy) is 1. The van der Waals surface area contributed by atoms with Crippen molar-refractivity contribution in [2.24, 2.45) is 5.41 Å². The van der Waals surface area contributed by atoms with E-state index in [2.05, 4.69) is 22.4 Å². The van der Waals surface area contributed by atoms with Crippen LogP contribution in [0.4, 0.5) is 17.1 Å². The van der Waals surface area contributed by atoms with Gasteiger partial charge in [0.1, 0.15) is 11.2 Å². The number of halogens is 2. The van der Waals surface area contributed by atoms with Gasteiger partial charge in [0.15, 0.2) is 0 Å². The number of carbonyl (C=O) groups is 3. The fourth-order valence-electron chi connectivity index (χ4n) is 5.98. The van der Waals surface area contributed by atoms with Crippen LogP contribution in [0.3, 0.4) is 0 Å². The number of aromatic nitrogens is 1. The Bertz CT molecular complexity index is 1490. The highest BCUT2D eigenvalue weighted by Gasteiger charge is 2.45. The number of anilines is 3. The fourth-order valence-corrected chi connectivity index (χ4v) is 5.98. The maximum Gasteiger partial charge on any atom is 0.242 e. The van der Waals surface area contributed by atoms with Gasteiger partial charge >= 0.3 is 0 Å². The molecule has 1 N–H and O–H groups in total. The first-order valence-corrected chi connectivity index (χ1v) is 15.1. The van der Waals surface area contributed by atoms with Gasteiger partial charge in [0.05, 0.1) is 18.0 Å². The highest BCUT2D eigenvalue weighted by atomic mass is 35.5. The third kappa shape index (κ3) is 7.60. The number of aryl methyl sites for hydroxylation is 1. The van der Waals surface area contributed by atoms with Gasteiger partial charge in [0, 0.05) is 56.7 Å². The molecule has 0 saturated heterocycles. The number of para-hydroxylation sites is 1. The summed E-state index contributed by atoms with van der Waals surface area (Å²) >= 11 is 0. The van der Waals surface area contributed by atoms with Crippen molar-refractivity contribution in [3.8, 4) is 5.75 Å². The Morgan fingerprint density at radius 2 is 1.71 bits per heavy atom. The molecule has 5 rings (SSSR count). The number of fused-ring (bicyclic) bond motifs is 2. The number of nitrogens with one attached hydrogen (secondary N) is 1. The summed E-state index contributed by atoms with van der Waals surface area (Å²) in [6.07, 6.45) is 6.47. The Hall–Kier alpha value is -3.66. The van der Waals surface area contributed by atoms with Crippen LogP contribution in [0.25, 0.3) is 0 Å². The predicted molar refractivity (Wildman–Crippen MR) is 183 cm³/mol. The molecule has 0 fully saturated rings. The molecule has 9 nitrogen and oxygen atoms in total. The highest BCUT2D eigenvalue weighted by Crippen LogP contribution is 2.40. The Labute approximate surface area is 278 Å². The van der Waals surface area contributed by atoms with E-state index in [4.69, 9.17) is 4.74 Å². The molecule has 11 heteroatoms. The van der Waals surface area contributed by atoms with Crippen LogP contribution >= 0.6 is 24.8 Å². The Morgan fingerprint density at radius 3 is 2.44 bits per heavy atom. The maximum absolute atomic E-state index is 13.1. The minimum absolute atomic E-state index is 0. The lowest BCUT2D eigenvalue weighted by Crippen LogP contribution is -2.47. The van der Waals surface area contributed by atoms with E-state index in [0.717, 1.165) is 30.5 Å².